The van der Waals surface area contributed by atoms with E-state index in [2.05, 4.69) is 4.98 Å². The highest BCUT2D eigenvalue weighted by atomic mass is 32.2. The van der Waals surface area contributed by atoms with E-state index >= 15 is 0 Å². The maximum absolute atomic E-state index is 11.4. The van der Waals surface area contributed by atoms with Crippen LogP contribution in [0.15, 0.2) is 57.8 Å². The summed E-state index contributed by atoms with van der Waals surface area (Å²) in [6, 6.07) is 14.0. The topological polar surface area (TPSA) is 60.2 Å². The summed E-state index contributed by atoms with van der Waals surface area (Å²) >= 11 is 0. The highest BCUT2D eigenvalue weighted by molar-refractivity contribution is 7.90. The van der Waals surface area contributed by atoms with Gasteiger partial charge in [-0.05, 0) is 36.4 Å². The largest absolute Gasteiger partial charge is 0.436 e. The van der Waals surface area contributed by atoms with Crippen LogP contribution in [0, 0.1) is 0 Å². The van der Waals surface area contributed by atoms with Gasteiger partial charge in [0.1, 0.15) is 5.52 Å². The molecule has 0 spiro atoms. The van der Waals surface area contributed by atoms with Crippen LogP contribution in [0.5, 0.6) is 0 Å². The molecular formula is C14H11NO3S. The molecule has 96 valence electrons. The number of hydrogen-bond donors (Lipinski definition) is 0. The monoisotopic (exact) mass is 273 g/mol. The van der Waals surface area contributed by atoms with E-state index in [1.807, 2.05) is 24.3 Å². The molecule has 0 fully saturated rings. The molecule has 4 nitrogen and oxygen atoms in total. The number of sulfone groups is 1. The molecule has 5 heteroatoms. The lowest BCUT2D eigenvalue weighted by Gasteiger charge is -1.99. The van der Waals surface area contributed by atoms with Gasteiger partial charge in [0, 0.05) is 11.8 Å². The summed E-state index contributed by atoms with van der Waals surface area (Å²) in [5.41, 5.74) is 2.25. The molecule has 1 heterocycles. The lowest BCUT2D eigenvalue weighted by atomic mass is 10.2. The minimum Gasteiger partial charge on any atom is -0.436 e. The van der Waals surface area contributed by atoms with E-state index in [0.717, 1.165) is 11.1 Å². The van der Waals surface area contributed by atoms with Crippen molar-refractivity contribution in [2.45, 2.75) is 4.90 Å². The van der Waals surface area contributed by atoms with Crippen molar-refractivity contribution in [2.24, 2.45) is 0 Å². The highest BCUT2D eigenvalue weighted by Crippen LogP contribution is 2.24. The smallest absolute Gasteiger partial charge is 0.227 e. The second kappa shape index (κ2) is 4.20. The maximum atomic E-state index is 11.4. The molecule has 0 amide bonds. The zero-order valence-corrected chi connectivity index (χ0v) is 11.0. The second-order valence-electron chi connectivity index (χ2n) is 4.28. The summed E-state index contributed by atoms with van der Waals surface area (Å²) in [5.74, 6) is 0.487. The predicted octanol–water partition coefficient (Wildman–Crippen LogP) is 2.90. The van der Waals surface area contributed by atoms with E-state index in [1.165, 1.54) is 6.26 Å². The molecule has 0 saturated carbocycles. The van der Waals surface area contributed by atoms with Crippen molar-refractivity contribution < 1.29 is 12.8 Å². The molecule has 0 atom stereocenters. The van der Waals surface area contributed by atoms with Crippen LogP contribution in [0.2, 0.25) is 0 Å². The molecule has 19 heavy (non-hydrogen) atoms. The van der Waals surface area contributed by atoms with Crippen molar-refractivity contribution in [1.29, 1.82) is 0 Å². The summed E-state index contributed by atoms with van der Waals surface area (Å²) in [5, 5.41) is 0. The molecule has 0 saturated heterocycles. The molecule has 0 aliphatic carbocycles. The lowest BCUT2D eigenvalue weighted by Crippen LogP contribution is -1.96. The van der Waals surface area contributed by atoms with Gasteiger partial charge in [0.2, 0.25) is 5.89 Å². The standard InChI is InChI=1S/C14H11NO3S/c1-19(16,17)11-8-6-10(7-9-11)14-15-12-4-2-3-5-13(12)18-14/h2-9H,1H3. The Labute approximate surface area is 110 Å². The fourth-order valence-corrected chi connectivity index (χ4v) is 2.47. The molecule has 0 unspecified atom stereocenters. The normalized spacial score (nSPS) is 11.8. The maximum Gasteiger partial charge on any atom is 0.227 e. The fraction of sp³-hybridized carbons (Fsp3) is 0.0714. The third kappa shape index (κ3) is 2.24. The van der Waals surface area contributed by atoms with Gasteiger partial charge in [-0.25, -0.2) is 13.4 Å². The summed E-state index contributed by atoms with van der Waals surface area (Å²) in [7, 11) is -3.18. The highest BCUT2D eigenvalue weighted by Gasteiger charge is 2.10. The molecule has 0 radical (unpaired) electrons. The fourth-order valence-electron chi connectivity index (χ4n) is 1.84. The summed E-state index contributed by atoms with van der Waals surface area (Å²) in [6.45, 7) is 0. The zero-order chi connectivity index (χ0) is 13.5. The van der Waals surface area contributed by atoms with Gasteiger partial charge in [0.15, 0.2) is 15.4 Å². The molecule has 0 aliphatic rings. The Morgan fingerprint density at radius 2 is 1.68 bits per heavy atom. The van der Waals surface area contributed by atoms with Gasteiger partial charge < -0.3 is 4.42 Å². The Balaban J connectivity index is 2.07. The third-order valence-electron chi connectivity index (χ3n) is 2.82. The van der Waals surface area contributed by atoms with E-state index in [9.17, 15) is 8.42 Å². The van der Waals surface area contributed by atoms with Crippen LogP contribution >= 0.6 is 0 Å². The number of para-hydroxylation sites is 2. The number of hydrogen-bond acceptors (Lipinski definition) is 4. The van der Waals surface area contributed by atoms with Crippen LogP contribution in [0.3, 0.4) is 0 Å². The van der Waals surface area contributed by atoms with Gasteiger partial charge in [-0.3, -0.25) is 0 Å². The number of aromatic nitrogens is 1. The molecule has 0 bridgehead atoms. The van der Waals surface area contributed by atoms with Crippen LogP contribution < -0.4 is 0 Å². The van der Waals surface area contributed by atoms with Crippen molar-refractivity contribution in [3.63, 3.8) is 0 Å². The van der Waals surface area contributed by atoms with Crippen LogP contribution in [0.25, 0.3) is 22.6 Å². The van der Waals surface area contributed by atoms with Gasteiger partial charge in [-0.15, -0.1) is 0 Å². The minimum atomic E-state index is -3.18. The van der Waals surface area contributed by atoms with Crippen molar-refractivity contribution in [3.8, 4) is 11.5 Å². The summed E-state index contributed by atoms with van der Waals surface area (Å²) in [6.07, 6.45) is 1.18. The van der Waals surface area contributed by atoms with E-state index in [1.54, 1.807) is 24.3 Å². The van der Waals surface area contributed by atoms with E-state index in [0.29, 0.717) is 11.5 Å². The molecule has 1 aromatic heterocycles. The number of nitrogens with zero attached hydrogens (tertiary/aromatic N) is 1. The molecule has 3 rings (SSSR count). The number of benzene rings is 2. The lowest BCUT2D eigenvalue weighted by molar-refractivity contribution is 0.601. The third-order valence-corrected chi connectivity index (χ3v) is 3.95. The molecular weight excluding hydrogens is 262 g/mol. The first-order valence-electron chi connectivity index (χ1n) is 5.70. The van der Waals surface area contributed by atoms with Crippen LogP contribution in [0.1, 0.15) is 0 Å². The Kier molecular flexibility index (Phi) is 2.64. The van der Waals surface area contributed by atoms with E-state index in [4.69, 9.17) is 4.42 Å². The number of oxazole rings is 1. The Hall–Kier alpha value is -2.14. The van der Waals surface area contributed by atoms with Gasteiger partial charge in [0.05, 0.1) is 4.90 Å². The number of rotatable bonds is 2. The van der Waals surface area contributed by atoms with Crippen molar-refractivity contribution in [2.75, 3.05) is 6.26 Å². The zero-order valence-electron chi connectivity index (χ0n) is 10.2. The molecule has 0 aliphatic heterocycles. The van der Waals surface area contributed by atoms with Crippen molar-refractivity contribution in [1.82, 2.24) is 4.98 Å². The van der Waals surface area contributed by atoms with Gasteiger partial charge in [-0.2, -0.15) is 0 Å². The summed E-state index contributed by atoms with van der Waals surface area (Å²) < 4.78 is 28.4. The Bertz CT molecular complexity index is 800. The minimum absolute atomic E-state index is 0.285. The summed E-state index contributed by atoms with van der Waals surface area (Å²) in [4.78, 5) is 4.64. The van der Waals surface area contributed by atoms with Crippen molar-refractivity contribution >= 4 is 20.9 Å². The molecule has 3 aromatic rings. The predicted molar refractivity (Wildman–Crippen MR) is 72.6 cm³/mol. The van der Waals surface area contributed by atoms with Crippen LogP contribution in [0.4, 0.5) is 0 Å². The van der Waals surface area contributed by atoms with Gasteiger partial charge in [-0.1, -0.05) is 12.1 Å². The van der Waals surface area contributed by atoms with Crippen LogP contribution in [-0.4, -0.2) is 19.7 Å². The van der Waals surface area contributed by atoms with Gasteiger partial charge in [0.25, 0.3) is 0 Å². The SMILES string of the molecule is CS(=O)(=O)c1ccc(-c2nc3ccccc3o2)cc1. The first kappa shape index (κ1) is 11.9. The molecule has 0 N–H and O–H groups in total. The molecule has 2 aromatic carbocycles. The average Bonchev–Trinajstić information content (AvgIpc) is 2.81. The Morgan fingerprint density at radius 3 is 2.32 bits per heavy atom. The number of fused-ring (bicyclic) bond motifs is 1. The quantitative estimate of drug-likeness (QED) is 0.720. The first-order chi connectivity index (χ1) is 9.04. The second-order valence-corrected chi connectivity index (χ2v) is 6.30. The van der Waals surface area contributed by atoms with E-state index < -0.39 is 9.84 Å². The van der Waals surface area contributed by atoms with Crippen LogP contribution in [-0.2, 0) is 9.84 Å². The van der Waals surface area contributed by atoms with Crippen molar-refractivity contribution in [3.05, 3.63) is 48.5 Å². The van der Waals surface area contributed by atoms with Gasteiger partial charge >= 0.3 is 0 Å². The Morgan fingerprint density at radius 1 is 1.00 bits per heavy atom. The first-order valence-corrected chi connectivity index (χ1v) is 7.59. The van der Waals surface area contributed by atoms with E-state index in [-0.39, 0.29) is 4.90 Å². The average molecular weight is 273 g/mol.